The minimum absolute atomic E-state index is 0.0364. The molecule has 122 valence electrons. The first-order valence-corrected chi connectivity index (χ1v) is 8.24. The summed E-state index contributed by atoms with van der Waals surface area (Å²) in [6, 6.07) is -0.453. The molecule has 0 unspecified atom stereocenters. The maximum absolute atomic E-state index is 12.4. The van der Waals surface area contributed by atoms with Crippen LogP contribution in [0.2, 0.25) is 0 Å². The van der Waals surface area contributed by atoms with Crippen molar-refractivity contribution in [1.29, 1.82) is 0 Å². The second-order valence-electron chi connectivity index (χ2n) is 6.17. The van der Waals surface area contributed by atoms with Gasteiger partial charge < -0.3 is 19.9 Å². The number of fused-ring (bicyclic) bond motifs is 1. The molecule has 22 heavy (non-hydrogen) atoms. The smallest absolute Gasteiger partial charge is 0.240 e. The van der Waals surface area contributed by atoms with Gasteiger partial charge in [0.1, 0.15) is 11.9 Å². The van der Waals surface area contributed by atoms with Crippen molar-refractivity contribution in [1.82, 2.24) is 25.4 Å². The van der Waals surface area contributed by atoms with Gasteiger partial charge in [0.15, 0.2) is 5.82 Å². The molecule has 3 atom stereocenters. The number of aryl methyl sites for hydroxylation is 1. The lowest BCUT2D eigenvalue weighted by molar-refractivity contribution is -0.129. The molecule has 1 amide bonds. The molecule has 7 heteroatoms. The standard InChI is InChI=1S/C15H25N5O2/c1-10(17-15(21)13-11(2)22-9-7-16-13)14-19-18-12-6-4-3-5-8-20(12)14/h10-11,13,16H,3-9H2,1-2H3,(H,17,21)/t10-,11-,13+/m1/s1. The van der Waals surface area contributed by atoms with Gasteiger partial charge in [0.2, 0.25) is 5.91 Å². The average Bonchev–Trinajstić information content (AvgIpc) is 2.77. The van der Waals surface area contributed by atoms with Crippen LogP contribution < -0.4 is 10.6 Å². The van der Waals surface area contributed by atoms with Crippen LogP contribution in [0, 0.1) is 0 Å². The van der Waals surface area contributed by atoms with Crippen molar-refractivity contribution in [3.05, 3.63) is 11.6 Å². The highest BCUT2D eigenvalue weighted by Crippen LogP contribution is 2.19. The number of hydrogen-bond acceptors (Lipinski definition) is 5. The van der Waals surface area contributed by atoms with Gasteiger partial charge in [-0.2, -0.15) is 0 Å². The molecule has 0 saturated carbocycles. The molecule has 0 aromatic carbocycles. The first-order chi connectivity index (χ1) is 10.7. The molecule has 3 heterocycles. The third-order valence-electron chi connectivity index (χ3n) is 4.48. The lowest BCUT2D eigenvalue weighted by atomic mass is 10.1. The molecule has 0 bridgehead atoms. The van der Waals surface area contributed by atoms with Crippen LogP contribution in [0.5, 0.6) is 0 Å². The number of rotatable bonds is 3. The van der Waals surface area contributed by atoms with E-state index < -0.39 is 0 Å². The van der Waals surface area contributed by atoms with E-state index in [0.29, 0.717) is 13.2 Å². The van der Waals surface area contributed by atoms with E-state index in [1.165, 1.54) is 12.8 Å². The molecule has 1 saturated heterocycles. The molecule has 1 aromatic rings. The number of nitrogens with one attached hydrogen (secondary N) is 2. The minimum atomic E-state index is -0.303. The Labute approximate surface area is 130 Å². The van der Waals surface area contributed by atoms with Gasteiger partial charge in [-0.3, -0.25) is 4.79 Å². The van der Waals surface area contributed by atoms with E-state index in [1.54, 1.807) is 0 Å². The van der Waals surface area contributed by atoms with E-state index in [0.717, 1.165) is 31.0 Å². The van der Waals surface area contributed by atoms with E-state index in [2.05, 4.69) is 25.4 Å². The minimum Gasteiger partial charge on any atom is -0.375 e. The van der Waals surface area contributed by atoms with Gasteiger partial charge in [-0.1, -0.05) is 6.42 Å². The van der Waals surface area contributed by atoms with E-state index in [9.17, 15) is 4.79 Å². The highest BCUT2D eigenvalue weighted by molar-refractivity contribution is 5.82. The zero-order valence-electron chi connectivity index (χ0n) is 13.3. The van der Waals surface area contributed by atoms with Crippen molar-refractivity contribution in [3.63, 3.8) is 0 Å². The molecule has 2 aliphatic heterocycles. The fourth-order valence-corrected chi connectivity index (χ4v) is 3.22. The van der Waals surface area contributed by atoms with E-state index in [-0.39, 0.29) is 24.1 Å². The molecule has 0 spiro atoms. The van der Waals surface area contributed by atoms with Gasteiger partial charge in [0.05, 0.1) is 18.8 Å². The van der Waals surface area contributed by atoms with Crippen molar-refractivity contribution in [2.75, 3.05) is 13.2 Å². The quantitative estimate of drug-likeness (QED) is 0.853. The summed E-state index contributed by atoms with van der Waals surface area (Å²) in [7, 11) is 0. The summed E-state index contributed by atoms with van der Waals surface area (Å²) in [5.41, 5.74) is 0. The Kier molecular flexibility index (Phi) is 4.73. The number of amides is 1. The van der Waals surface area contributed by atoms with Crippen LogP contribution in [0.4, 0.5) is 0 Å². The number of hydrogen-bond donors (Lipinski definition) is 2. The Morgan fingerprint density at radius 1 is 1.41 bits per heavy atom. The number of ether oxygens (including phenoxy) is 1. The first-order valence-electron chi connectivity index (χ1n) is 8.24. The molecule has 2 N–H and O–H groups in total. The monoisotopic (exact) mass is 307 g/mol. The topological polar surface area (TPSA) is 81.1 Å². The summed E-state index contributed by atoms with van der Waals surface area (Å²) in [6.45, 7) is 6.19. The Bertz CT molecular complexity index is 530. The zero-order chi connectivity index (χ0) is 15.5. The van der Waals surface area contributed by atoms with Crippen LogP contribution >= 0.6 is 0 Å². The number of carbonyl (C=O) groups is 1. The van der Waals surface area contributed by atoms with Crippen LogP contribution in [0.25, 0.3) is 0 Å². The van der Waals surface area contributed by atoms with Crippen molar-refractivity contribution in [3.8, 4) is 0 Å². The molecular formula is C15H25N5O2. The van der Waals surface area contributed by atoms with Crippen LogP contribution in [-0.4, -0.2) is 46.0 Å². The summed E-state index contributed by atoms with van der Waals surface area (Å²) in [6.07, 6.45) is 4.40. The Morgan fingerprint density at radius 2 is 2.27 bits per heavy atom. The van der Waals surface area contributed by atoms with Crippen LogP contribution in [0.1, 0.15) is 50.8 Å². The maximum atomic E-state index is 12.4. The van der Waals surface area contributed by atoms with Gasteiger partial charge in [0, 0.05) is 19.5 Å². The number of morpholine rings is 1. The highest BCUT2D eigenvalue weighted by atomic mass is 16.5. The van der Waals surface area contributed by atoms with Gasteiger partial charge in [-0.15, -0.1) is 10.2 Å². The van der Waals surface area contributed by atoms with Gasteiger partial charge >= 0.3 is 0 Å². The van der Waals surface area contributed by atoms with Crippen LogP contribution in [0.3, 0.4) is 0 Å². The third-order valence-corrected chi connectivity index (χ3v) is 4.48. The van der Waals surface area contributed by atoms with Crippen molar-refractivity contribution >= 4 is 5.91 Å². The molecule has 7 nitrogen and oxygen atoms in total. The molecule has 2 aliphatic rings. The summed E-state index contributed by atoms with van der Waals surface area (Å²) in [5, 5.41) is 14.9. The maximum Gasteiger partial charge on any atom is 0.240 e. The summed E-state index contributed by atoms with van der Waals surface area (Å²) >= 11 is 0. The predicted octanol–water partition coefficient (Wildman–Crippen LogP) is 0.559. The fourth-order valence-electron chi connectivity index (χ4n) is 3.22. The second-order valence-corrected chi connectivity index (χ2v) is 6.17. The number of aromatic nitrogens is 3. The van der Waals surface area contributed by atoms with E-state index >= 15 is 0 Å². The summed E-state index contributed by atoms with van der Waals surface area (Å²) in [5.74, 6) is 1.86. The molecular weight excluding hydrogens is 282 g/mol. The van der Waals surface area contributed by atoms with E-state index in [4.69, 9.17) is 4.74 Å². The van der Waals surface area contributed by atoms with Crippen LogP contribution in [-0.2, 0) is 22.5 Å². The van der Waals surface area contributed by atoms with Crippen molar-refractivity contribution < 1.29 is 9.53 Å². The van der Waals surface area contributed by atoms with Crippen molar-refractivity contribution in [2.45, 2.75) is 64.3 Å². The van der Waals surface area contributed by atoms with Gasteiger partial charge in [0.25, 0.3) is 0 Å². The molecule has 1 fully saturated rings. The highest BCUT2D eigenvalue weighted by Gasteiger charge is 2.30. The largest absolute Gasteiger partial charge is 0.375 e. The van der Waals surface area contributed by atoms with Crippen molar-refractivity contribution in [2.24, 2.45) is 0 Å². The van der Waals surface area contributed by atoms with Gasteiger partial charge in [-0.25, -0.2) is 0 Å². The first kappa shape index (κ1) is 15.4. The number of carbonyl (C=O) groups excluding carboxylic acids is 1. The number of nitrogens with zero attached hydrogens (tertiary/aromatic N) is 3. The zero-order valence-corrected chi connectivity index (χ0v) is 13.3. The molecule has 3 rings (SSSR count). The lowest BCUT2D eigenvalue weighted by Gasteiger charge is -2.30. The molecule has 1 aromatic heterocycles. The Balaban J connectivity index is 1.68. The predicted molar refractivity (Wildman–Crippen MR) is 81.3 cm³/mol. The third kappa shape index (κ3) is 3.15. The SMILES string of the molecule is C[C@@H](NC(=O)[C@H]1NCCO[C@@H]1C)c1nnc2n1CCCCC2. The van der Waals surface area contributed by atoms with E-state index in [1.807, 2.05) is 13.8 Å². The summed E-state index contributed by atoms with van der Waals surface area (Å²) < 4.78 is 7.71. The molecule has 0 radical (unpaired) electrons. The average molecular weight is 307 g/mol. The molecule has 0 aliphatic carbocycles. The fraction of sp³-hybridized carbons (Fsp3) is 0.800. The normalized spacial score (nSPS) is 26.8. The Morgan fingerprint density at radius 3 is 3.09 bits per heavy atom. The lowest BCUT2D eigenvalue weighted by Crippen LogP contribution is -2.55. The second kappa shape index (κ2) is 6.75. The Hall–Kier alpha value is -1.47. The summed E-state index contributed by atoms with van der Waals surface area (Å²) in [4.78, 5) is 12.4. The van der Waals surface area contributed by atoms with Gasteiger partial charge in [-0.05, 0) is 26.7 Å². The van der Waals surface area contributed by atoms with Crippen LogP contribution in [0.15, 0.2) is 0 Å².